The van der Waals surface area contributed by atoms with Crippen molar-refractivity contribution in [1.82, 2.24) is 15.1 Å². The Labute approximate surface area is 145 Å². The molecule has 0 spiro atoms. The normalized spacial score (nSPS) is 16.5. The molecule has 0 radical (unpaired) electrons. The summed E-state index contributed by atoms with van der Waals surface area (Å²) < 4.78 is 0. The van der Waals surface area contributed by atoms with Gasteiger partial charge in [-0.05, 0) is 30.7 Å². The molecule has 1 aromatic rings. The second kappa shape index (κ2) is 8.71. The van der Waals surface area contributed by atoms with Crippen molar-refractivity contribution < 1.29 is 9.59 Å². The fraction of sp³-hybridized carbons (Fsp3) is 0.579. The largest absolute Gasteiger partial charge is 0.356 e. The van der Waals surface area contributed by atoms with Gasteiger partial charge in [-0.25, -0.2) is 4.79 Å². The first-order chi connectivity index (χ1) is 11.5. The Morgan fingerprint density at radius 3 is 2.42 bits per heavy atom. The lowest BCUT2D eigenvalue weighted by atomic mass is 9.95. The summed E-state index contributed by atoms with van der Waals surface area (Å²) in [5, 5.41) is 3.07. The molecular weight excluding hydrogens is 302 g/mol. The maximum atomic E-state index is 12.3. The molecule has 132 valence electrons. The molecule has 1 fully saturated rings. The molecule has 5 nitrogen and oxygen atoms in total. The van der Waals surface area contributed by atoms with Crippen LogP contribution in [0, 0.1) is 5.92 Å². The number of likely N-dealkylation sites (tertiary alicyclic amines) is 1. The van der Waals surface area contributed by atoms with E-state index < -0.39 is 0 Å². The number of urea groups is 1. The SMILES string of the molecule is C[C@@H](CCNC(=O)C1CCN(C(=O)N(C)C)CC1)c1ccccc1. The average molecular weight is 331 g/mol. The van der Waals surface area contributed by atoms with Gasteiger partial charge in [0.2, 0.25) is 5.91 Å². The minimum atomic E-state index is 0.0308. The van der Waals surface area contributed by atoms with Crippen LogP contribution >= 0.6 is 0 Å². The van der Waals surface area contributed by atoms with Crippen LogP contribution < -0.4 is 5.32 Å². The van der Waals surface area contributed by atoms with Crippen LogP contribution in [0.1, 0.15) is 37.7 Å². The summed E-state index contributed by atoms with van der Waals surface area (Å²) in [4.78, 5) is 27.6. The Bertz CT molecular complexity index is 537. The van der Waals surface area contributed by atoms with E-state index in [4.69, 9.17) is 0 Å². The highest BCUT2D eigenvalue weighted by molar-refractivity contribution is 5.79. The van der Waals surface area contributed by atoms with Crippen molar-refractivity contribution in [1.29, 1.82) is 0 Å². The summed E-state index contributed by atoms with van der Waals surface area (Å²) in [6.07, 6.45) is 2.44. The number of amides is 3. The Kier molecular flexibility index (Phi) is 6.64. The fourth-order valence-electron chi connectivity index (χ4n) is 3.12. The molecule has 0 bridgehead atoms. The zero-order valence-corrected chi connectivity index (χ0v) is 15.0. The Morgan fingerprint density at radius 2 is 1.83 bits per heavy atom. The minimum Gasteiger partial charge on any atom is -0.356 e. The number of nitrogens with one attached hydrogen (secondary N) is 1. The van der Waals surface area contributed by atoms with E-state index in [1.165, 1.54) is 5.56 Å². The molecule has 5 heteroatoms. The fourth-order valence-corrected chi connectivity index (χ4v) is 3.12. The standard InChI is InChI=1S/C19H29N3O2/c1-15(16-7-5-4-6-8-16)9-12-20-18(23)17-10-13-22(14-11-17)19(24)21(2)3/h4-8,15,17H,9-14H2,1-3H3,(H,20,23)/t15-/m0/s1. The lowest BCUT2D eigenvalue weighted by Gasteiger charge is -2.33. The quantitative estimate of drug-likeness (QED) is 0.902. The molecule has 1 aliphatic heterocycles. The lowest BCUT2D eigenvalue weighted by molar-refractivity contribution is -0.126. The summed E-state index contributed by atoms with van der Waals surface area (Å²) in [7, 11) is 3.52. The van der Waals surface area contributed by atoms with Crippen LogP contribution in [0.4, 0.5) is 4.79 Å². The third-order valence-corrected chi connectivity index (χ3v) is 4.76. The van der Waals surface area contributed by atoms with Gasteiger partial charge in [0.05, 0.1) is 0 Å². The predicted molar refractivity (Wildman–Crippen MR) is 95.9 cm³/mol. The van der Waals surface area contributed by atoms with Gasteiger partial charge in [-0.2, -0.15) is 0 Å². The van der Waals surface area contributed by atoms with E-state index in [0.717, 1.165) is 19.3 Å². The maximum Gasteiger partial charge on any atom is 0.319 e. The summed E-state index contributed by atoms with van der Waals surface area (Å²) in [5.41, 5.74) is 1.31. The molecule has 0 aromatic heterocycles. The summed E-state index contributed by atoms with van der Waals surface area (Å²) >= 11 is 0. The Hall–Kier alpha value is -2.04. The molecule has 1 aromatic carbocycles. The summed E-state index contributed by atoms with van der Waals surface area (Å²) in [5.74, 6) is 0.599. The number of carbonyl (C=O) groups excluding carboxylic acids is 2. The second-order valence-electron chi connectivity index (χ2n) is 6.83. The monoisotopic (exact) mass is 331 g/mol. The van der Waals surface area contributed by atoms with Crippen molar-refractivity contribution in [3.63, 3.8) is 0 Å². The smallest absolute Gasteiger partial charge is 0.319 e. The van der Waals surface area contributed by atoms with Crippen molar-refractivity contribution in [3.8, 4) is 0 Å². The van der Waals surface area contributed by atoms with E-state index in [2.05, 4.69) is 24.4 Å². The highest BCUT2D eigenvalue weighted by atomic mass is 16.2. The zero-order chi connectivity index (χ0) is 17.5. The first-order valence-corrected chi connectivity index (χ1v) is 8.78. The van der Waals surface area contributed by atoms with Gasteiger partial charge in [-0.1, -0.05) is 37.3 Å². The summed E-state index contributed by atoms with van der Waals surface area (Å²) in [6, 6.07) is 10.4. The zero-order valence-electron chi connectivity index (χ0n) is 15.0. The van der Waals surface area contributed by atoms with Crippen LogP contribution in [0.25, 0.3) is 0 Å². The average Bonchev–Trinajstić information content (AvgIpc) is 2.61. The van der Waals surface area contributed by atoms with E-state index in [-0.39, 0.29) is 17.9 Å². The van der Waals surface area contributed by atoms with Gasteiger partial charge in [0, 0.05) is 39.6 Å². The molecule has 1 saturated heterocycles. The first-order valence-electron chi connectivity index (χ1n) is 8.78. The van der Waals surface area contributed by atoms with Crippen LogP contribution in [0.3, 0.4) is 0 Å². The molecule has 1 atom stereocenters. The number of hydrogen-bond acceptors (Lipinski definition) is 2. The lowest BCUT2D eigenvalue weighted by Crippen LogP contribution is -2.46. The van der Waals surface area contributed by atoms with Crippen molar-refractivity contribution in [2.24, 2.45) is 5.92 Å². The molecular formula is C19H29N3O2. The van der Waals surface area contributed by atoms with E-state index in [1.807, 2.05) is 23.1 Å². The third kappa shape index (κ3) is 4.98. The molecule has 2 rings (SSSR count). The van der Waals surface area contributed by atoms with E-state index >= 15 is 0 Å². The van der Waals surface area contributed by atoms with Crippen molar-refractivity contribution in [3.05, 3.63) is 35.9 Å². The molecule has 1 heterocycles. The van der Waals surface area contributed by atoms with Crippen LogP contribution in [0.5, 0.6) is 0 Å². The van der Waals surface area contributed by atoms with Crippen LogP contribution in [-0.4, -0.2) is 55.5 Å². The third-order valence-electron chi connectivity index (χ3n) is 4.76. The number of hydrogen-bond donors (Lipinski definition) is 1. The van der Waals surface area contributed by atoms with Gasteiger partial charge in [0.15, 0.2) is 0 Å². The topological polar surface area (TPSA) is 52.7 Å². The number of nitrogens with zero attached hydrogens (tertiary/aromatic N) is 2. The number of piperidine rings is 1. The second-order valence-corrected chi connectivity index (χ2v) is 6.83. The van der Waals surface area contributed by atoms with Crippen LogP contribution in [0.2, 0.25) is 0 Å². The van der Waals surface area contributed by atoms with E-state index in [0.29, 0.717) is 25.6 Å². The number of benzene rings is 1. The highest BCUT2D eigenvalue weighted by Crippen LogP contribution is 2.20. The van der Waals surface area contributed by atoms with Gasteiger partial charge >= 0.3 is 6.03 Å². The highest BCUT2D eigenvalue weighted by Gasteiger charge is 2.27. The van der Waals surface area contributed by atoms with Crippen molar-refractivity contribution in [2.45, 2.75) is 32.1 Å². The summed E-state index contributed by atoms with van der Waals surface area (Å²) in [6.45, 7) is 4.21. The molecule has 1 aliphatic rings. The van der Waals surface area contributed by atoms with Gasteiger partial charge in [-0.3, -0.25) is 4.79 Å². The molecule has 3 amide bonds. The van der Waals surface area contributed by atoms with E-state index in [1.54, 1.807) is 19.0 Å². The van der Waals surface area contributed by atoms with E-state index in [9.17, 15) is 9.59 Å². The van der Waals surface area contributed by atoms with Gasteiger partial charge < -0.3 is 15.1 Å². The maximum absolute atomic E-state index is 12.3. The van der Waals surface area contributed by atoms with Crippen molar-refractivity contribution in [2.75, 3.05) is 33.7 Å². The predicted octanol–water partition coefficient (Wildman–Crippen LogP) is 2.69. The number of rotatable bonds is 5. The molecule has 1 N–H and O–H groups in total. The molecule has 0 unspecified atom stereocenters. The van der Waals surface area contributed by atoms with Crippen LogP contribution in [-0.2, 0) is 4.79 Å². The molecule has 0 saturated carbocycles. The van der Waals surface area contributed by atoms with Gasteiger partial charge in [0.25, 0.3) is 0 Å². The van der Waals surface area contributed by atoms with Crippen LogP contribution in [0.15, 0.2) is 30.3 Å². The molecule has 24 heavy (non-hydrogen) atoms. The van der Waals surface area contributed by atoms with Crippen molar-refractivity contribution >= 4 is 11.9 Å². The first kappa shape index (κ1) is 18.3. The van der Waals surface area contributed by atoms with Gasteiger partial charge in [-0.15, -0.1) is 0 Å². The Balaban J connectivity index is 1.69. The Morgan fingerprint density at radius 1 is 1.21 bits per heavy atom. The number of carbonyl (C=O) groups is 2. The minimum absolute atomic E-state index is 0.0308. The molecule has 0 aliphatic carbocycles. The van der Waals surface area contributed by atoms with Gasteiger partial charge in [0.1, 0.15) is 0 Å².